The van der Waals surface area contributed by atoms with Crippen LogP contribution in [0.5, 0.6) is 5.75 Å². The van der Waals surface area contributed by atoms with Gasteiger partial charge in [-0.15, -0.1) is 0 Å². The van der Waals surface area contributed by atoms with E-state index in [0.717, 1.165) is 0 Å². The Morgan fingerprint density at radius 2 is 2.05 bits per heavy atom. The van der Waals surface area contributed by atoms with Gasteiger partial charge in [-0.2, -0.15) is 0 Å². The second-order valence-corrected chi connectivity index (χ2v) is 5.02. The summed E-state index contributed by atoms with van der Waals surface area (Å²) in [5, 5.41) is 3.64. The van der Waals surface area contributed by atoms with Crippen molar-refractivity contribution in [3.05, 3.63) is 28.8 Å². The maximum absolute atomic E-state index is 11.9. The first-order chi connectivity index (χ1) is 9.01. The molecular formula is C14H20ClNO3. The number of halogens is 1. The molecule has 0 saturated heterocycles. The fraction of sp³-hybridized carbons (Fsp3) is 0.500. The monoisotopic (exact) mass is 285 g/mol. The zero-order valence-electron chi connectivity index (χ0n) is 11.7. The molecule has 0 heterocycles. The van der Waals surface area contributed by atoms with Crippen molar-refractivity contribution < 1.29 is 14.3 Å². The average Bonchev–Trinajstić information content (AvgIpc) is 2.39. The van der Waals surface area contributed by atoms with Crippen LogP contribution in [0.15, 0.2) is 18.2 Å². The summed E-state index contributed by atoms with van der Waals surface area (Å²) < 4.78 is 10.1. The minimum Gasteiger partial charge on any atom is -0.496 e. The molecular weight excluding hydrogens is 266 g/mol. The third-order valence-corrected chi connectivity index (χ3v) is 3.02. The van der Waals surface area contributed by atoms with Crippen LogP contribution in [0.25, 0.3) is 0 Å². The van der Waals surface area contributed by atoms with Crippen LogP contribution < -0.4 is 10.1 Å². The fourth-order valence-electron chi connectivity index (χ4n) is 1.75. The summed E-state index contributed by atoms with van der Waals surface area (Å²) in [5.74, 6) is 0.590. The third-order valence-electron chi connectivity index (χ3n) is 2.69. The average molecular weight is 286 g/mol. The smallest absolute Gasteiger partial charge is 0.327 e. The molecule has 5 heteroatoms. The van der Waals surface area contributed by atoms with Gasteiger partial charge in [0.05, 0.1) is 14.2 Å². The molecule has 1 atom stereocenters. The van der Waals surface area contributed by atoms with E-state index in [1.54, 1.807) is 25.3 Å². The van der Waals surface area contributed by atoms with Crippen LogP contribution in [0.1, 0.15) is 25.5 Å². The molecule has 0 aliphatic rings. The first-order valence-electron chi connectivity index (χ1n) is 6.14. The number of benzene rings is 1. The van der Waals surface area contributed by atoms with Gasteiger partial charge in [0.25, 0.3) is 0 Å². The van der Waals surface area contributed by atoms with Gasteiger partial charge in [0.15, 0.2) is 0 Å². The minimum absolute atomic E-state index is 0.382. The maximum atomic E-state index is 11.9. The van der Waals surface area contributed by atoms with Gasteiger partial charge in [0.1, 0.15) is 11.8 Å². The van der Waals surface area contributed by atoms with Crippen molar-refractivity contribution in [2.75, 3.05) is 20.8 Å². The summed E-state index contributed by atoms with van der Waals surface area (Å²) in [6.45, 7) is 4.80. The highest BCUT2D eigenvalue weighted by molar-refractivity contribution is 6.31. The Morgan fingerprint density at radius 1 is 1.37 bits per heavy atom. The number of hydrogen-bond acceptors (Lipinski definition) is 4. The second-order valence-electron chi connectivity index (χ2n) is 4.61. The van der Waals surface area contributed by atoms with Crippen molar-refractivity contribution in [1.82, 2.24) is 5.32 Å². The molecule has 0 amide bonds. The van der Waals surface area contributed by atoms with E-state index >= 15 is 0 Å². The van der Waals surface area contributed by atoms with Crippen LogP contribution in [0.4, 0.5) is 0 Å². The lowest BCUT2D eigenvalue weighted by Crippen LogP contribution is -2.32. The predicted molar refractivity (Wildman–Crippen MR) is 75.6 cm³/mol. The van der Waals surface area contributed by atoms with Crippen molar-refractivity contribution in [2.24, 2.45) is 5.92 Å². The molecule has 0 aliphatic heterocycles. The van der Waals surface area contributed by atoms with E-state index in [9.17, 15) is 4.79 Å². The molecule has 1 N–H and O–H groups in total. The summed E-state index contributed by atoms with van der Waals surface area (Å²) in [6, 6.07) is 4.65. The quantitative estimate of drug-likeness (QED) is 0.817. The number of esters is 1. The van der Waals surface area contributed by atoms with Crippen molar-refractivity contribution >= 4 is 17.6 Å². The Kier molecular flexibility index (Phi) is 6.12. The Labute approximate surface area is 119 Å². The number of carbonyl (C=O) groups excluding carboxylic acids is 1. The lowest BCUT2D eigenvalue weighted by atomic mass is 10.0. The largest absolute Gasteiger partial charge is 0.496 e. The van der Waals surface area contributed by atoms with Crippen molar-refractivity contribution in [1.29, 1.82) is 0 Å². The lowest BCUT2D eigenvalue weighted by Gasteiger charge is -2.21. The van der Waals surface area contributed by atoms with E-state index < -0.39 is 6.04 Å². The molecule has 1 rings (SSSR count). The topological polar surface area (TPSA) is 47.6 Å². The van der Waals surface area contributed by atoms with Crippen LogP contribution in [0.3, 0.4) is 0 Å². The van der Waals surface area contributed by atoms with Gasteiger partial charge in [-0.05, 0) is 24.6 Å². The van der Waals surface area contributed by atoms with Gasteiger partial charge >= 0.3 is 5.97 Å². The Bertz CT molecular complexity index is 435. The first-order valence-corrected chi connectivity index (χ1v) is 6.52. The Balaban J connectivity index is 3.13. The van der Waals surface area contributed by atoms with Crippen LogP contribution >= 0.6 is 11.6 Å². The molecule has 4 nitrogen and oxygen atoms in total. The molecule has 0 bridgehead atoms. The Hall–Kier alpha value is -1.26. The standard InChI is InChI=1S/C14H20ClNO3/c1-9(2)8-16-13(14(17)19-4)12-10(15)6-5-7-11(12)18-3/h5-7,9,13,16H,8H2,1-4H3. The van der Waals surface area contributed by atoms with Crippen LogP contribution in [-0.2, 0) is 9.53 Å². The van der Waals surface area contributed by atoms with Crippen molar-refractivity contribution in [3.63, 3.8) is 0 Å². The fourth-order valence-corrected chi connectivity index (χ4v) is 2.03. The number of ether oxygens (including phenoxy) is 2. The van der Waals surface area contributed by atoms with Gasteiger partial charge in [0, 0.05) is 10.6 Å². The molecule has 0 radical (unpaired) electrons. The number of hydrogen-bond donors (Lipinski definition) is 1. The third kappa shape index (κ3) is 4.11. The zero-order valence-corrected chi connectivity index (χ0v) is 12.5. The molecule has 106 valence electrons. The minimum atomic E-state index is -0.629. The number of rotatable bonds is 6. The van der Waals surface area contributed by atoms with E-state index in [0.29, 0.717) is 28.8 Å². The SMILES string of the molecule is COC(=O)C(NCC(C)C)c1c(Cl)cccc1OC. The summed E-state index contributed by atoms with van der Waals surface area (Å²) in [6.07, 6.45) is 0. The van der Waals surface area contributed by atoms with Gasteiger partial charge in [0.2, 0.25) is 0 Å². The maximum Gasteiger partial charge on any atom is 0.327 e. The van der Waals surface area contributed by atoms with E-state index in [4.69, 9.17) is 21.1 Å². The van der Waals surface area contributed by atoms with Crippen molar-refractivity contribution in [3.8, 4) is 5.75 Å². The molecule has 0 aliphatic carbocycles. The molecule has 1 aromatic rings. The second kappa shape index (κ2) is 7.36. The molecule has 0 aromatic heterocycles. The highest BCUT2D eigenvalue weighted by atomic mass is 35.5. The normalized spacial score (nSPS) is 12.3. The highest BCUT2D eigenvalue weighted by Crippen LogP contribution is 2.32. The molecule has 0 spiro atoms. The number of carbonyl (C=O) groups is 1. The van der Waals surface area contributed by atoms with E-state index in [1.807, 2.05) is 0 Å². The molecule has 19 heavy (non-hydrogen) atoms. The number of nitrogens with one attached hydrogen (secondary N) is 1. The summed E-state index contributed by atoms with van der Waals surface area (Å²) in [4.78, 5) is 11.9. The molecule has 1 aromatic carbocycles. The molecule has 0 fully saturated rings. The summed E-state index contributed by atoms with van der Waals surface area (Å²) in [7, 11) is 2.90. The summed E-state index contributed by atoms with van der Waals surface area (Å²) in [5.41, 5.74) is 0.610. The van der Waals surface area contributed by atoms with Gasteiger partial charge in [-0.3, -0.25) is 0 Å². The van der Waals surface area contributed by atoms with E-state index in [2.05, 4.69) is 19.2 Å². The first kappa shape index (κ1) is 15.8. The van der Waals surface area contributed by atoms with E-state index in [1.165, 1.54) is 7.11 Å². The lowest BCUT2D eigenvalue weighted by molar-refractivity contribution is -0.143. The van der Waals surface area contributed by atoms with Crippen LogP contribution in [-0.4, -0.2) is 26.7 Å². The van der Waals surface area contributed by atoms with Crippen molar-refractivity contribution in [2.45, 2.75) is 19.9 Å². The van der Waals surface area contributed by atoms with Crippen LogP contribution in [0.2, 0.25) is 5.02 Å². The van der Waals surface area contributed by atoms with E-state index in [-0.39, 0.29) is 5.97 Å². The zero-order chi connectivity index (χ0) is 14.4. The summed E-state index contributed by atoms with van der Waals surface area (Å²) >= 11 is 6.19. The van der Waals surface area contributed by atoms with Gasteiger partial charge < -0.3 is 14.8 Å². The van der Waals surface area contributed by atoms with Gasteiger partial charge in [-0.25, -0.2) is 4.79 Å². The van der Waals surface area contributed by atoms with Gasteiger partial charge in [-0.1, -0.05) is 31.5 Å². The highest BCUT2D eigenvalue weighted by Gasteiger charge is 2.26. The van der Waals surface area contributed by atoms with Crippen LogP contribution in [0, 0.1) is 5.92 Å². The predicted octanol–water partition coefficient (Wildman–Crippen LogP) is 2.81. The Morgan fingerprint density at radius 3 is 2.58 bits per heavy atom. The number of methoxy groups -OCH3 is 2. The molecule has 1 unspecified atom stereocenters. The molecule has 0 saturated carbocycles.